The Morgan fingerprint density at radius 3 is 0.686 bits per heavy atom. The summed E-state index contributed by atoms with van der Waals surface area (Å²) in [7, 11) is 0. The van der Waals surface area contributed by atoms with Gasteiger partial charge in [-0.3, -0.25) is 4.79 Å². The molecule has 4 aliphatic rings. The lowest BCUT2D eigenvalue weighted by Gasteiger charge is -2.42. The standard InChI is InChI=1S/C17H32O10.3C16H32O10/c1-5-8-9(20)10(21)13(24)16(26-8)27-14(7(19)6-18)11(22)12(23)15(25)17(2,3)4;3*1-16(2,3)4-7(19)10(21)14(8(20)5-17)26-15-13(24)12(23)11(22)9(6-18)25-15/h7-14,16,18-24H,5-6H2,1-4H3;3*7-15,17-24H,4-6H2,1-3H3/t7-,8-,9+,10+,11-,12-,13-,14-,16?;7?,8?,9?,10?,11-,12+,13?,14?,15+;7?,8?,9?,10?,11-,12+,13?,14?,15-;7?,8?,9?,10?,11-,12-,13?,14?,15-/m1110/s1. The third kappa shape index (κ3) is 30.5. The fraction of sp³-hybridized carbons (Fsp3) is 0.985. The Hall–Kier alpha value is -1.89. The van der Waals surface area contributed by atoms with Crippen LogP contribution in [0.15, 0.2) is 0 Å². The highest BCUT2D eigenvalue weighted by atomic mass is 16.7. The van der Waals surface area contributed by atoms with E-state index in [1.807, 2.05) is 62.3 Å². The summed E-state index contributed by atoms with van der Waals surface area (Å²) < 4.78 is 42.2. The van der Waals surface area contributed by atoms with Gasteiger partial charge in [-0.1, -0.05) is 90.0 Å². The zero-order valence-corrected chi connectivity index (χ0v) is 61.6. The summed E-state index contributed by atoms with van der Waals surface area (Å²) in [6.45, 7) is 17.4. The molecule has 0 spiro atoms. The molecule has 4 rings (SSSR count). The third-order valence-electron chi connectivity index (χ3n) is 17.4. The Balaban J connectivity index is 0.000000700. The van der Waals surface area contributed by atoms with Crippen LogP contribution in [0.2, 0.25) is 0 Å². The molecule has 0 bridgehead atoms. The monoisotopic (exact) mass is 1550 g/mol. The maximum atomic E-state index is 12.2. The van der Waals surface area contributed by atoms with E-state index in [0.29, 0.717) is 0 Å². The van der Waals surface area contributed by atoms with E-state index >= 15 is 0 Å². The summed E-state index contributed by atoms with van der Waals surface area (Å²) in [5.74, 6) is -0.722. The molecule has 0 radical (unpaired) electrons. The summed E-state index contributed by atoms with van der Waals surface area (Å²) in [5.41, 5.74) is -2.04. The molecule has 105 heavy (non-hydrogen) atoms. The number of aliphatic hydroxyl groups excluding tert-OH is 31. The topological polar surface area (TPSA) is 718 Å². The van der Waals surface area contributed by atoms with Crippen LogP contribution < -0.4 is 0 Å². The third-order valence-corrected chi connectivity index (χ3v) is 17.4. The van der Waals surface area contributed by atoms with E-state index in [4.69, 9.17) is 37.9 Å². The first kappa shape index (κ1) is 101. The number of carbonyl (C=O) groups excluding carboxylic acids is 1. The van der Waals surface area contributed by atoms with Crippen LogP contribution in [0.25, 0.3) is 0 Å². The van der Waals surface area contributed by atoms with Gasteiger partial charge in [-0.15, -0.1) is 0 Å². The highest BCUT2D eigenvalue weighted by molar-refractivity contribution is 5.88. The fourth-order valence-corrected chi connectivity index (χ4v) is 11.2. The molecule has 36 atom stereocenters. The van der Waals surface area contributed by atoms with Gasteiger partial charge in [0.25, 0.3) is 0 Å². The first-order valence-corrected chi connectivity index (χ1v) is 34.5. The second-order valence-corrected chi connectivity index (χ2v) is 31.4. The van der Waals surface area contributed by atoms with Gasteiger partial charge < -0.3 is 196 Å². The molecule has 0 aliphatic carbocycles. The second-order valence-electron chi connectivity index (χ2n) is 31.4. The van der Waals surface area contributed by atoms with Gasteiger partial charge in [-0.2, -0.15) is 0 Å². The quantitative estimate of drug-likeness (QED) is 0.0297. The van der Waals surface area contributed by atoms with E-state index in [9.17, 15) is 163 Å². The van der Waals surface area contributed by atoms with Crippen LogP contribution in [0, 0.1) is 21.7 Å². The molecule has 4 saturated heterocycles. The first-order chi connectivity index (χ1) is 48.1. The van der Waals surface area contributed by atoms with E-state index < -0.39 is 278 Å². The molecule has 4 fully saturated rings. The van der Waals surface area contributed by atoms with E-state index in [1.54, 1.807) is 6.92 Å². The molecule has 19 unspecified atom stereocenters. The number of ether oxygens (including phenoxy) is 8. The zero-order valence-electron chi connectivity index (χ0n) is 61.6. The van der Waals surface area contributed by atoms with Gasteiger partial charge in [0, 0.05) is 5.41 Å². The molecule has 40 nitrogen and oxygen atoms in total. The maximum absolute atomic E-state index is 12.2. The predicted octanol–water partition coefficient (Wildman–Crippen LogP) is -12.7. The van der Waals surface area contributed by atoms with Gasteiger partial charge in [0.15, 0.2) is 30.9 Å². The molecular formula is C65H128O40. The van der Waals surface area contributed by atoms with Gasteiger partial charge in [-0.05, 0) is 41.9 Å². The molecule has 4 heterocycles. The highest BCUT2D eigenvalue weighted by Crippen LogP contribution is 2.34. The highest BCUT2D eigenvalue weighted by Gasteiger charge is 2.52. The second kappa shape index (κ2) is 45.1. The van der Waals surface area contributed by atoms with Crippen LogP contribution in [0.4, 0.5) is 0 Å². The van der Waals surface area contributed by atoms with Crippen molar-refractivity contribution in [3.8, 4) is 0 Å². The first-order valence-electron chi connectivity index (χ1n) is 34.5. The van der Waals surface area contributed by atoms with E-state index in [2.05, 4.69) is 0 Å². The van der Waals surface area contributed by atoms with Crippen molar-refractivity contribution in [2.24, 2.45) is 21.7 Å². The van der Waals surface area contributed by atoms with Crippen molar-refractivity contribution in [2.75, 3.05) is 46.2 Å². The zero-order chi connectivity index (χ0) is 81.8. The van der Waals surface area contributed by atoms with Crippen LogP contribution >= 0.6 is 0 Å². The number of hydrogen-bond donors (Lipinski definition) is 31. The smallest absolute Gasteiger partial charge is 0.187 e. The Morgan fingerprint density at radius 1 is 0.305 bits per heavy atom. The van der Waals surface area contributed by atoms with Crippen LogP contribution in [-0.2, 0) is 42.7 Å². The maximum Gasteiger partial charge on any atom is 0.187 e. The Labute approximate surface area is 609 Å². The van der Waals surface area contributed by atoms with Crippen molar-refractivity contribution in [1.29, 1.82) is 0 Å². The number of ketones is 1. The largest absolute Gasteiger partial charge is 0.394 e. The molecular weight excluding hydrogens is 1420 g/mol. The molecule has 31 N–H and O–H groups in total. The average Bonchev–Trinajstić information content (AvgIpc) is 0.818. The summed E-state index contributed by atoms with van der Waals surface area (Å²) >= 11 is 0. The Kier molecular flexibility index (Phi) is 43.4. The summed E-state index contributed by atoms with van der Waals surface area (Å²) in [4.78, 5) is 12.2. The lowest BCUT2D eigenvalue weighted by atomic mass is 9.84. The van der Waals surface area contributed by atoms with E-state index in [0.717, 1.165) is 0 Å². The lowest BCUT2D eigenvalue weighted by Crippen LogP contribution is -2.61. The molecule has 628 valence electrons. The van der Waals surface area contributed by atoms with Crippen LogP contribution in [0.3, 0.4) is 0 Å². The Bertz CT molecular complexity index is 2160. The summed E-state index contributed by atoms with van der Waals surface area (Å²) in [5, 5.41) is 305. The van der Waals surface area contributed by atoms with Crippen molar-refractivity contribution in [1.82, 2.24) is 0 Å². The number of rotatable bonds is 32. The number of carbonyl (C=O) groups is 1. The van der Waals surface area contributed by atoms with Gasteiger partial charge in [-0.25, -0.2) is 0 Å². The predicted molar refractivity (Wildman–Crippen MR) is 355 cm³/mol. The van der Waals surface area contributed by atoms with Crippen molar-refractivity contribution in [3.63, 3.8) is 0 Å². The van der Waals surface area contributed by atoms with Gasteiger partial charge in [0.2, 0.25) is 0 Å². The molecule has 0 aromatic carbocycles. The number of Topliss-reactive ketones (excluding diaryl/α,β-unsaturated/α-hetero) is 1. The molecule has 40 heteroatoms. The summed E-state index contributed by atoms with van der Waals surface area (Å²) in [6.07, 6.45) is -55.8. The number of aliphatic hydroxyl groups is 31. The molecule has 0 amide bonds. The Morgan fingerprint density at radius 2 is 0.505 bits per heavy atom. The molecule has 0 aromatic heterocycles. The normalized spacial score (nSPS) is 34.7. The van der Waals surface area contributed by atoms with Crippen molar-refractivity contribution in [3.05, 3.63) is 0 Å². The van der Waals surface area contributed by atoms with Crippen LogP contribution in [-0.4, -0.2) is 431 Å². The van der Waals surface area contributed by atoms with Crippen LogP contribution in [0.1, 0.15) is 116 Å². The van der Waals surface area contributed by atoms with Crippen molar-refractivity contribution < 1.29 is 201 Å². The minimum Gasteiger partial charge on any atom is -0.394 e. The number of hydrogen-bond acceptors (Lipinski definition) is 40. The van der Waals surface area contributed by atoms with Gasteiger partial charge in [0.05, 0.1) is 70.7 Å². The van der Waals surface area contributed by atoms with Gasteiger partial charge in [0.1, 0.15) is 171 Å². The molecule has 0 saturated carbocycles. The summed E-state index contributed by atoms with van der Waals surface area (Å²) in [6, 6.07) is 0. The minimum atomic E-state index is -1.95. The average molecular weight is 1550 g/mol. The van der Waals surface area contributed by atoms with Gasteiger partial charge >= 0.3 is 0 Å². The minimum absolute atomic E-state index is 0.154. The van der Waals surface area contributed by atoms with Crippen molar-refractivity contribution in [2.45, 2.75) is 336 Å². The fourth-order valence-electron chi connectivity index (χ4n) is 11.2. The lowest BCUT2D eigenvalue weighted by molar-refractivity contribution is -0.327. The van der Waals surface area contributed by atoms with E-state index in [-0.39, 0.29) is 41.9 Å². The molecule has 4 aliphatic heterocycles. The molecule has 0 aromatic rings. The van der Waals surface area contributed by atoms with E-state index in [1.165, 1.54) is 20.8 Å². The van der Waals surface area contributed by atoms with Crippen LogP contribution in [0.5, 0.6) is 0 Å². The van der Waals surface area contributed by atoms with Crippen molar-refractivity contribution >= 4 is 5.78 Å². The SMILES string of the molecule is CC(C)(C)CC(O)C(O)C(O[C@@H]1OC(CO)[C@@H](O)[C@H](O)C1O)C(O)CO.CC(C)(C)CC(O)C(O)C(O[C@@H]1OC(CO)[C@H](O)[C@H](O)C1O)C(O)CO.CC(C)(C)CC(O)C(O)C(O[C@H]1OC(CO)[C@@H](O)[C@H](O)C1O)C(O)CO.CC[C@H]1OC(O[C@@H]([C@H](O)[C@@H](O)C(=O)C(C)(C)C)[C@H](O)CO)[C@H](O)[C@@H](O)[C@H]1O.